The first-order chi connectivity index (χ1) is 12.5. The number of ether oxygens (including phenoxy) is 1. The minimum Gasteiger partial charge on any atom is -0.377 e. The van der Waals surface area contributed by atoms with Gasteiger partial charge in [0, 0.05) is 24.7 Å². The second-order valence-electron chi connectivity index (χ2n) is 7.60. The number of nitrogens with zero attached hydrogens (tertiary/aromatic N) is 5. The third-order valence-electron chi connectivity index (χ3n) is 5.14. The van der Waals surface area contributed by atoms with Crippen molar-refractivity contribution in [3.8, 4) is 0 Å². The average molecular weight is 378 g/mol. The number of hydrogen-bond donors (Lipinski definition) is 0. The summed E-state index contributed by atoms with van der Waals surface area (Å²) >= 11 is 6.02. The highest BCUT2D eigenvalue weighted by Gasteiger charge is 2.26. The number of hydrogen-bond acceptors (Lipinski definition) is 5. The Morgan fingerprint density at radius 2 is 2.04 bits per heavy atom. The molecule has 0 saturated carbocycles. The fourth-order valence-electron chi connectivity index (χ4n) is 3.23. The second-order valence-corrected chi connectivity index (χ2v) is 8.04. The molecule has 1 atom stereocenters. The van der Waals surface area contributed by atoms with E-state index in [2.05, 4.69) is 53.3 Å². The summed E-state index contributed by atoms with van der Waals surface area (Å²) in [6, 6.07) is 8.02. The van der Waals surface area contributed by atoms with Crippen LogP contribution in [0.2, 0.25) is 5.02 Å². The Bertz CT molecular complexity index is 694. The normalized spacial score (nSPS) is 18.0. The Morgan fingerprint density at radius 3 is 2.69 bits per heavy atom. The molecule has 0 bridgehead atoms. The summed E-state index contributed by atoms with van der Waals surface area (Å²) in [7, 11) is 0. The molecule has 1 fully saturated rings. The SMILES string of the molecule is CCC(C)(C)n1nnnc1CN(Cc1ccc(Cl)cc1)CC1CCCO1. The van der Waals surface area contributed by atoms with E-state index >= 15 is 0 Å². The summed E-state index contributed by atoms with van der Waals surface area (Å²) in [6.07, 6.45) is 3.50. The third-order valence-corrected chi connectivity index (χ3v) is 5.39. The van der Waals surface area contributed by atoms with Crippen molar-refractivity contribution >= 4 is 11.6 Å². The summed E-state index contributed by atoms with van der Waals surface area (Å²) in [4.78, 5) is 2.37. The lowest BCUT2D eigenvalue weighted by molar-refractivity contribution is 0.0657. The van der Waals surface area contributed by atoms with Gasteiger partial charge in [-0.05, 0) is 61.2 Å². The second kappa shape index (κ2) is 8.46. The summed E-state index contributed by atoms with van der Waals surface area (Å²) in [5, 5.41) is 13.2. The highest BCUT2D eigenvalue weighted by molar-refractivity contribution is 6.30. The van der Waals surface area contributed by atoms with Gasteiger partial charge in [-0.2, -0.15) is 0 Å². The van der Waals surface area contributed by atoms with Crippen LogP contribution in [0.4, 0.5) is 0 Å². The van der Waals surface area contributed by atoms with Gasteiger partial charge in [0.2, 0.25) is 0 Å². The van der Waals surface area contributed by atoms with Gasteiger partial charge in [-0.25, -0.2) is 4.68 Å². The van der Waals surface area contributed by atoms with Crippen LogP contribution in [0.5, 0.6) is 0 Å². The van der Waals surface area contributed by atoms with Crippen molar-refractivity contribution in [3.05, 3.63) is 40.7 Å². The molecule has 3 rings (SSSR count). The molecule has 0 spiro atoms. The van der Waals surface area contributed by atoms with Gasteiger partial charge in [-0.1, -0.05) is 30.7 Å². The number of aromatic nitrogens is 4. The fraction of sp³-hybridized carbons (Fsp3) is 0.632. The maximum absolute atomic E-state index is 6.02. The number of benzene rings is 1. The standard InChI is InChI=1S/C19H28ClN5O/c1-4-19(2,3)25-18(21-22-23-25)14-24(13-17-6-5-11-26-17)12-15-7-9-16(20)10-8-15/h7-10,17H,4-6,11-14H2,1-3H3. The van der Waals surface area contributed by atoms with Crippen molar-refractivity contribution in [2.24, 2.45) is 0 Å². The fourth-order valence-corrected chi connectivity index (χ4v) is 3.36. The van der Waals surface area contributed by atoms with Crippen LogP contribution in [0.1, 0.15) is 51.4 Å². The van der Waals surface area contributed by atoms with Crippen molar-refractivity contribution < 1.29 is 4.74 Å². The van der Waals surface area contributed by atoms with Crippen LogP contribution in [0.25, 0.3) is 0 Å². The lowest BCUT2D eigenvalue weighted by atomic mass is 10.0. The lowest BCUT2D eigenvalue weighted by Crippen LogP contribution is -2.35. The first-order valence-electron chi connectivity index (χ1n) is 9.34. The average Bonchev–Trinajstić information content (AvgIpc) is 3.29. The van der Waals surface area contributed by atoms with Crippen molar-refractivity contribution in [1.82, 2.24) is 25.1 Å². The lowest BCUT2D eigenvalue weighted by Gasteiger charge is -2.28. The molecule has 0 aliphatic carbocycles. The topological polar surface area (TPSA) is 56.1 Å². The molecular weight excluding hydrogens is 350 g/mol. The van der Waals surface area contributed by atoms with Crippen LogP contribution in [0.15, 0.2) is 24.3 Å². The van der Waals surface area contributed by atoms with Crippen LogP contribution < -0.4 is 0 Å². The summed E-state index contributed by atoms with van der Waals surface area (Å²) in [5.41, 5.74) is 1.12. The first kappa shape index (κ1) is 19.3. The zero-order valence-corrected chi connectivity index (χ0v) is 16.6. The van der Waals surface area contributed by atoms with Crippen LogP contribution in [0.3, 0.4) is 0 Å². The van der Waals surface area contributed by atoms with Crippen LogP contribution in [0, 0.1) is 0 Å². The van der Waals surface area contributed by atoms with Gasteiger partial charge in [0.25, 0.3) is 0 Å². The van der Waals surface area contributed by atoms with E-state index in [1.807, 2.05) is 16.8 Å². The molecule has 142 valence electrons. The minimum atomic E-state index is -0.103. The zero-order chi connectivity index (χ0) is 18.6. The Balaban J connectivity index is 1.77. The number of halogens is 1. The Hall–Kier alpha value is -1.50. The molecule has 0 radical (unpaired) electrons. The maximum Gasteiger partial charge on any atom is 0.165 e. The monoisotopic (exact) mass is 377 g/mol. The molecule has 0 N–H and O–H groups in total. The maximum atomic E-state index is 6.02. The highest BCUT2D eigenvalue weighted by atomic mass is 35.5. The van der Waals surface area contributed by atoms with Gasteiger partial charge in [0.15, 0.2) is 5.82 Å². The molecule has 7 heteroatoms. The summed E-state index contributed by atoms with van der Waals surface area (Å²) < 4.78 is 7.81. The van der Waals surface area contributed by atoms with Gasteiger partial charge in [0.1, 0.15) is 0 Å². The van der Waals surface area contributed by atoms with Gasteiger partial charge < -0.3 is 4.74 Å². The molecule has 2 aromatic rings. The van der Waals surface area contributed by atoms with E-state index < -0.39 is 0 Å². The Morgan fingerprint density at radius 1 is 1.27 bits per heavy atom. The third kappa shape index (κ3) is 4.81. The Kier molecular flexibility index (Phi) is 6.27. The molecule has 1 aliphatic heterocycles. The van der Waals surface area contributed by atoms with Crippen LogP contribution >= 0.6 is 11.6 Å². The van der Waals surface area contributed by atoms with E-state index in [4.69, 9.17) is 16.3 Å². The van der Waals surface area contributed by atoms with Crippen molar-refractivity contribution in [2.75, 3.05) is 13.2 Å². The van der Waals surface area contributed by atoms with Crippen molar-refractivity contribution in [2.45, 2.75) is 64.8 Å². The highest BCUT2D eigenvalue weighted by Crippen LogP contribution is 2.22. The molecule has 1 aliphatic rings. The van der Waals surface area contributed by atoms with E-state index in [0.29, 0.717) is 6.54 Å². The summed E-state index contributed by atoms with van der Waals surface area (Å²) in [6.45, 7) is 9.73. The van der Waals surface area contributed by atoms with Gasteiger partial charge in [0.05, 0.1) is 18.2 Å². The largest absolute Gasteiger partial charge is 0.377 e. The Labute approximate surface area is 160 Å². The van der Waals surface area contributed by atoms with Gasteiger partial charge in [-0.3, -0.25) is 4.90 Å². The van der Waals surface area contributed by atoms with Gasteiger partial charge in [-0.15, -0.1) is 5.10 Å². The number of tetrazole rings is 1. The van der Waals surface area contributed by atoms with Crippen molar-refractivity contribution in [1.29, 1.82) is 0 Å². The van der Waals surface area contributed by atoms with Crippen LogP contribution in [-0.2, 0) is 23.4 Å². The van der Waals surface area contributed by atoms with Crippen LogP contribution in [-0.4, -0.2) is 44.4 Å². The molecule has 0 amide bonds. The molecule has 1 unspecified atom stereocenters. The summed E-state index contributed by atoms with van der Waals surface area (Å²) in [5.74, 6) is 0.892. The minimum absolute atomic E-state index is 0.103. The van der Waals surface area contributed by atoms with E-state index in [1.165, 1.54) is 5.56 Å². The van der Waals surface area contributed by atoms with Crippen molar-refractivity contribution in [3.63, 3.8) is 0 Å². The zero-order valence-electron chi connectivity index (χ0n) is 15.9. The van der Waals surface area contributed by atoms with Gasteiger partial charge >= 0.3 is 0 Å². The smallest absolute Gasteiger partial charge is 0.165 e. The predicted molar refractivity (Wildman–Crippen MR) is 102 cm³/mol. The van der Waals surface area contributed by atoms with E-state index in [9.17, 15) is 0 Å². The van der Waals surface area contributed by atoms with E-state index in [0.717, 1.165) is 49.8 Å². The number of rotatable bonds is 8. The molecular formula is C19H28ClN5O. The molecule has 2 heterocycles. The molecule has 26 heavy (non-hydrogen) atoms. The first-order valence-corrected chi connectivity index (χ1v) is 9.72. The molecule has 6 nitrogen and oxygen atoms in total. The predicted octanol–water partition coefficient (Wildman–Crippen LogP) is 3.65. The molecule has 1 saturated heterocycles. The molecule has 1 aromatic carbocycles. The van der Waals surface area contributed by atoms with E-state index in [1.54, 1.807) is 0 Å². The quantitative estimate of drug-likeness (QED) is 0.702. The molecule has 1 aromatic heterocycles. The van der Waals surface area contributed by atoms with E-state index in [-0.39, 0.29) is 11.6 Å².